The molecule has 30 heavy (non-hydrogen) atoms. The summed E-state index contributed by atoms with van der Waals surface area (Å²) in [5.41, 5.74) is 0.692. The Labute approximate surface area is 174 Å². The molecule has 1 unspecified atom stereocenters. The van der Waals surface area contributed by atoms with Gasteiger partial charge in [0, 0.05) is 24.8 Å². The standard InChI is InChI=1S/C24H20N4O2/c1-18(19-10-2-6-14-25-19)30-23(29)24(20-11-3-7-15-26-20,21-12-4-8-16-27-21)22-13-5-9-17-28-22/h2-18H,1H3. The number of rotatable bonds is 6. The van der Waals surface area contributed by atoms with Gasteiger partial charge in [-0.15, -0.1) is 0 Å². The second-order valence-corrected chi connectivity index (χ2v) is 6.70. The minimum absolute atomic E-state index is 0.487. The second kappa shape index (κ2) is 8.61. The number of carbonyl (C=O) groups is 1. The molecular weight excluding hydrogens is 376 g/mol. The molecule has 148 valence electrons. The zero-order valence-electron chi connectivity index (χ0n) is 16.4. The Hall–Kier alpha value is -3.93. The highest BCUT2D eigenvalue weighted by molar-refractivity contribution is 5.90. The molecule has 0 aliphatic rings. The lowest BCUT2D eigenvalue weighted by Crippen LogP contribution is -2.42. The summed E-state index contributed by atoms with van der Waals surface area (Å²) in [5.74, 6) is -0.517. The highest BCUT2D eigenvalue weighted by atomic mass is 16.5. The summed E-state index contributed by atoms with van der Waals surface area (Å²) < 4.78 is 5.94. The van der Waals surface area contributed by atoms with Gasteiger partial charge in [0.15, 0.2) is 5.41 Å². The van der Waals surface area contributed by atoms with Crippen LogP contribution >= 0.6 is 0 Å². The summed E-state index contributed by atoms with van der Waals surface area (Å²) in [6.45, 7) is 1.79. The zero-order chi connectivity index (χ0) is 20.8. The third-order valence-corrected chi connectivity index (χ3v) is 4.84. The lowest BCUT2D eigenvalue weighted by molar-refractivity contribution is -0.153. The molecule has 0 bridgehead atoms. The maximum Gasteiger partial charge on any atom is 0.331 e. The molecule has 0 spiro atoms. The van der Waals surface area contributed by atoms with E-state index < -0.39 is 17.5 Å². The Kier molecular flexibility index (Phi) is 5.57. The molecule has 0 saturated carbocycles. The number of hydrogen-bond donors (Lipinski definition) is 0. The molecule has 4 heterocycles. The van der Waals surface area contributed by atoms with Crippen LogP contribution in [0.25, 0.3) is 0 Å². The molecule has 0 aliphatic heterocycles. The van der Waals surface area contributed by atoms with E-state index in [1.165, 1.54) is 0 Å². The lowest BCUT2D eigenvalue weighted by atomic mass is 9.76. The van der Waals surface area contributed by atoms with E-state index in [9.17, 15) is 4.79 Å². The number of pyridine rings is 4. The van der Waals surface area contributed by atoms with Gasteiger partial charge in [-0.05, 0) is 55.5 Å². The number of ether oxygens (including phenoxy) is 1. The van der Waals surface area contributed by atoms with Crippen LogP contribution in [-0.4, -0.2) is 25.9 Å². The van der Waals surface area contributed by atoms with Gasteiger partial charge in [-0.2, -0.15) is 0 Å². The minimum atomic E-state index is -1.42. The van der Waals surface area contributed by atoms with Gasteiger partial charge in [-0.3, -0.25) is 24.7 Å². The van der Waals surface area contributed by atoms with Gasteiger partial charge in [-0.25, -0.2) is 0 Å². The van der Waals surface area contributed by atoms with Crippen molar-refractivity contribution in [3.63, 3.8) is 0 Å². The van der Waals surface area contributed by atoms with Crippen molar-refractivity contribution in [3.05, 3.63) is 120 Å². The number of carbonyl (C=O) groups excluding carboxylic acids is 1. The molecule has 4 aromatic rings. The predicted octanol–water partition coefficient (Wildman–Crippen LogP) is 3.91. The van der Waals surface area contributed by atoms with E-state index in [1.807, 2.05) is 36.4 Å². The quantitative estimate of drug-likeness (QED) is 0.460. The van der Waals surface area contributed by atoms with Crippen LogP contribution in [0.5, 0.6) is 0 Å². The Balaban J connectivity index is 1.90. The van der Waals surface area contributed by atoms with Gasteiger partial charge in [-0.1, -0.05) is 24.3 Å². The number of esters is 1. The van der Waals surface area contributed by atoms with E-state index in [0.29, 0.717) is 22.8 Å². The molecule has 0 aliphatic carbocycles. The largest absolute Gasteiger partial charge is 0.455 e. The summed E-state index contributed by atoms with van der Waals surface area (Å²) in [6.07, 6.45) is 6.04. The fraction of sp³-hybridized carbons (Fsp3) is 0.125. The van der Waals surface area contributed by atoms with Gasteiger partial charge in [0.2, 0.25) is 0 Å². The first-order chi connectivity index (χ1) is 14.7. The van der Waals surface area contributed by atoms with E-state index in [4.69, 9.17) is 4.74 Å². The first kappa shape index (κ1) is 19.4. The normalized spacial score (nSPS) is 12.2. The van der Waals surface area contributed by atoms with Crippen LogP contribution in [-0.2, 0) is 14.9 Å². The summed E-state index contributed by atoms with van der Waals surface area (Å²) in [5, 5.41) is 0. The van der Waals surface area contributed by atoms with Gasteiger partial charge < -0.3 is 4.74 Å². The van der Waals surface area contributed by atoms with Crippen LogP contribution in [0.15, 0.2) is 97.6 Å². The van der Waals surface area contributed by atoms with E-state index in [-0.39, 0.29) is 0 Å². The smallest absolute Gasteiger partial charge is 0.331 e. The molecule has 6 nitrogen and oxygen atoms in total. The van der Waals surface area contributed by atoms with Crippen molar-refractivity contribution in [2.24, 2.45) is 0 Å². The van der Waals surface area contributed by atoms with Crippen LogP contribution in [0.3, 0.4) is 0 Å². The summed E-state index contributed by atoms with van der Waals surface area (Å²) in [4.78, 5) is 31.7. The topological polar surface area (TPSA) is 77.9 Å². The van der Waals surface area contributed by atoms with Crippen molar-refractivity contribution in [2.75, 3.05) is 0 Å². The van der Waals surface area contributed by atoms with Crippen molar-refractivity contribution in [1.29, 1.82) is 0 Å². The molecule has 0 fully saturated rings. The van der Waals surface area contributed by atoms with Crippen molar-refractivity contribution in [2.45, 2.75) is 18.4 Å². The van der Waals surface area contributed by atoms with Gasteiger partial charge in [0.05, 0.1) is 22.8 Å². The maximum atomic E-state index is 13.9. The molecule has 0 N–H and O–H groups in total. The average Bonchev–Trinajstić information content (AvgIpc) is 2.82. The number of aromatic nitrogens is 4. The van der Waals surface area contributed by atoms with Gasteiger partial charge in [0.25, 0.3) is 0 Å². The molecule has 4 aromatic heterocycles. The molecule has 0 aromatic carbocycles. The third-order valence-electron chi connectivity index (χ3n) is 4.84. The monoisotopic (exact) mass is 396 g/mol. The van der Waals surface area contributed by atoms with Crippen molar-refractivity contribution < 1.29 is 9.53 Å². The molecule has 0 amide bonds. The number of hydrogen-bond acceptors (Lipinski definition) is 6. The Morgan fingerprint density at radius 2 is 1.13 bits per heavy atom. The molecule has 6 heteroatoms. The maximum absolute atomic E-state index is 13.9. The summed E-state index contributed by atoms with van der Waals surface area (Å²) in [7, 11) is 0. The van der Waals surface area contributed by atoms with Crippen molar-refractivity contribution >= 4 is 5.97 Å². The average molecular weight is 396 g/mol. The fourth-order valence-electron chi connectivity index (χ4n) is 3.39. The van der Waals surface area contributed by atoms with Crippen LogP contribution in [0.4, 0.5) is 0 Å². The highest BCUT2D eigenvalue weighted by Gasteiger charge is 2.50. The van der Waals surface area contributed by atoms with Crippen LogP contribution in [0.2, 0.25) is 0 Å². The van der Waals surface area contributed by atoms with Crippen LogP contribution in [0, 0.1) is 0 Å². The van der Waals surface area contributed by atoms with Crippen molar-refractivity contribution in [1.82, 2.24) is 19.9 Å². The molecule has 0 radical (unpaired) electrons. The predicted molar refractivity (Wildman–Crippen MR) is 111 cm³/mol. The van der Waals surface area contributed by atoms with E-state index >= 15 is 0 Å². The third kappa shape index (κ3) is 3.55. The zero-order valence-corrected chi connectivity index (χ0v) is 16.4. The van der Waals surface area contributed by atoms with E-state index in [0.717, 1.165) is 0 Å². The summed E-state index contributed by atoms with van der Waals surface area (Å²) >= 11 is 0. The Morgan fingerprint density at radius 3 is 1.50 bits per heavy atom. The highest BCUT2D eigenvalue weighted by Crippen LogP contribution is 2.38. The summed E-state index contributed by atoms with van der Waals surface area (Å²) in [6, 6.07) is 21.8. The first-order valence-electron chi connectivity index (χ1n) is 9.59. The van der Waals surface area contributed by atoms with Gasteiger partial charge >= 0.3 is 5.97 Å². The first-order valence-corrected chi connectivity index (χ1v) is 9.59. The van der Waals surface area contributed by atoms with Crippen molar-refractivity contribution in [3.8, 4) is 0 Å². The van der Waals surface area contributed by atoms with Crippen LogP contribution in [0.1, 0.15) is 35.8 Å². The molecule has 1 atom stereocenters. The van der Waals surface area contributed by atoms with E-state index in [1.54, 1.807) is 68.1 Å². The molecular formula is C24H20N4O2. The SMILES string of the molecule is CC(OC(=O)C(c1ccccn1)(c1ccccn1)c1ccccn1)c1ccccn1. The second-order valence-electron chi connectivity index (χ2n) is 6.70. The van der Waals surface area contributed by atoms with Gasteiger partial charge in [0.1, 0.15) is 6.10 Å². The van der Waals surface area contributed by atoms with E-state index in [2.05, 4.69) is 19.9 Å². The fourth-order valence-corrected chi connectivity index (χ4v) is 3.39. The number of nitrogens with zero attached hydrogens (tertiary/aromatic N) is 4. The van der Waals surface area contributed by atoms with Crippen LogP contribution < -0.4 is 0 Å². The molecule has 4 rings (SSSR count). The lowest BCUT2D eigenvalue weighted by Gasteiger charge is -2.31. The Morgan fingerprint density at radius 1 is 0.700 bits per heavy atom. The Bertz CT molecular complexity index is 994. The molecule has 0 saturated heterocycles. The minimum Gasteiger partial charge on any atom is -0.455 e.